The molecule has 1 fully saturated rings. The summed E-state index contributed by atoms with van der Waals surface area (Å²) >= 11 is 0. The fourth-order valence-electron chi connectivity index (χ4n) is 2.40. The summed E-state index contributed by atoms with van der Waals surface area (Å²) in [5, 5.41) is 9.14. The number of carbonyl (C=O) groups excluding carboxylic acids is 1. The van der Waals surface area contributed by atoms with Gasteiger partial charge in [0.15, 0.2) is 5.96 Å². The van der Waals surface area contributed by atoms with E-state index < -0.39 is 5.41 Å². The fraction of sp³-hybridized carbons (Fsp3) is 0.882. The first-order valence-corrected chi connectivity index (χ1v) is 8.93. The van der Waals surface area contributed by atoms with Gasteiger partial charge in [-0.25, -0.2) is 0 Å². The molecule has 3 N–H and O–H groups in total. The summed E-state index contributed by atoms with van der Waals surface area (Å²) in [4.78, 5) is 16.3. The molecule has 1 heterocycles. The third-order valence-electron chi connectivity index (χ3n) is 3.90. The molecule has 0 aliphatic carbocycles. The number of guanidine groups is 1. The summed E-state index contributed by atoms with van der Waals surface area (Å²) in [7, 11) is 1.65. The number of hydrogen-bond acceptors (Lipinski definition) is 4. The maximum absolute atomic E-state index is 11.8. The zero-order valence-corrected chi connectivity index (χ0v) is 15.6. The number of nitrogens with one attached hydrogen (secondary N) is 3. The first kappa shape index (κ1) is 20.7. The number of carbonyl (C=O) groups is 1. The molecule has 0 bridgehead atoms. The lowest BCUT2D eigenvalue weighted by atomic mass is 9.93. The van der Waals surface area contributed by atoms with Crippen LogP contribution in [0.1, 0.15) is 40.0 Å². The second-order valence-corrected chi connectivity index (χ2v) is 6.65. The molecule has 24 heavy (non-hydrogen) atoms. The van der Waals surface area contributed by atoms with Crippen molar-refractivity contribution in [2.24, 2.45) is 10.4 Å². The van der Waals surface area contributed by atoms with Crippen molar-refractivity contribution in [2.45, 2.75) is 46.1 Å². The second-order valence-electron chi connectivity index (χ2n) is 6.65. The van der Waals surface area contributed by atoms with Crippen molar-refractivity contribution >= 4 is 11.9 Å². The minimum Gasteiger partial charge on any atom is -0.379 e. The molecule has 1 aliphatic heterocycles. The van der Waals surface area contributed by atoms with Gasteiger partial charge in [-0.2, -0.15) is 0 Å². The van der Waals surface area contributed by atoms with E-state index in [4.69, 9.17) is 9.47 Å². The predicted octanol–water partition coefficient (Wildman–Crippen LogP) is 0.899. The van der Waals surface area contributed by atoms with Crippen LogP contribution in [0.3, 0.4) is 0 Å². The summed E-state index contributed by atoms with van der Waals surface area (Å²) in [5.41, 5.74) is -0.526. The van der Waals surface area contributed by atoms with Crippen molar-refractivity contribution in [3.05, 3.63) is 0 Å². The molecule has 0 radical (unpaired) electrons. The summed E-state index contributed by atoms with van der Waals surface area (Å²) in [6, 6.07) is 0. The van der Waals surface area contributed by atoms with Crippen LogP contribution in [-0.2, 0) is 14.3 Å². The van der Waals surface area contributed by atoms with Crippen LogP contribution < -0.4 is 16.0 Å². The lowest BCUT2D eigenvalue weighted by molar-refractivity contribution is -0.128. The highest BCUT2D eigenvalue weighted by Gasteiger charge is 2.26. The summed E-state index contributed by atoms with van der Waals surface area (Å²) in [6.45, 7) is 10.0. The van der Waals surface area contributed by atoms with Crippen molar-refractivity contribution in [1.29, 1.82) is 0 Å². The largest absolute Gasteiger partial charge is 0.379 e. The predicted molar refractivity (Wildman–Crippen MR) is 96.2 cm³/mol. The Morgan fingerprint density at radius 1 is 1.38 bits per heavy atom. The van der Waals surface area contributed by atoms with Gasteiger partial charge in [-0.15, -0.1) is 0 Å². The van der Waals surface area contributed by atoms with Gasteiger partial charge in [0.1, 0.15) is 0 Å². The maximum Gasteiger partial charge on any atom is 0.227 e. The molecule has 0 spiro atoms. The molecule has 1 rings (SSSR count). The van der Waals surface area contributed by atoms with Crippen LogP contribution in [0.15, 0.2) is 4.99 Å². The molecule has 0 aromatic carbocycles. The molecule has 7 heteroatoms. The monoisotopic (exact) mass is 342 g/mol. The van der Waals surface area contributed by atoms with E-state index in [2.05, 4.69) is 20.9 Å². The van der Waals surface area contributed by atoms with E-state index in [1.165, 1.54) is 0 Å². The lowest BCUT2D eigenvalue weighted by Gasteiger charge is -2.21. The van der Waals surface area contributed by atoms with Crippen molar-refractivity contribution < 1.29 is 14.3 Å². The molecule has 0 aromatic heterocycles. The standard InChI is InChI=1S/C17H34N4O3/c1-5-19-16(21-13-17(2,3)15(22)18-4)20-9-7-10-23-12-14-8-6-11-24-14/h14H,5-13H2,1-4H3,(H,18,22)(H2,19,20,21). The number of aliphatic imine (C=N–C) groups is 1. The Labute approximate surface area is 146 Å². The van der Waals surface area contributed by atoms with Gasteiger partial charge >= 0.3 is 0 Å². The molecule has 1 atom stereocenters. The van der Waals surface area contributed by atoms with Crippen LogP contribution in [0, 0.1) is 5.41 Å². The Hall–Kier alpha value is -1.34. The van der Waals surface area contributed by atoms with Crippen LogP contribution in [0.5, 0.6) is 0 Å². The van der Waals surface area contributed by atoms with Crippen molar-refractivity contribution in [3.63, 3.8) is 0 Å². The molecule has 140 valence electrons. The fourth-order valence-corrected chi connectivity index (χ4v) is 2.40. The first-order valence-electron chi connectivity index (χ1n) is 8.93. The van der Waals surface area contributed by atoms with E-state index in [0.29, 0.717) is 19.8 Å². The Kier molecular flexibility index (Phi) is 9.71. The van der Waals surface area contributed by atoms with Crippen LogP contribution in [0.25, 0.3) is 0 Å². The summed E-state index contributed by atoms with van der Waals surface area (Å²) in [5.74, 6) is 0.721. The quantitative estimate of drug-likeness (QED) is 0.312. The van der Waals surface area contributed by atoms with Crippen LogP contribution in [-0.4, -0.2) is 64.5 Å². The van der Waals surface area contributed by atoms with Gasteiger partial charge in [0.2, 0.25) is 5.91 Å². The third-order valence-corrected chi connectivity index (χ3v) is 3.90. The highest BCUT2D eigenvalue weighted by molar-refractivity contribution is 5.83. The zero-order chi connectivity index (χ0) is 17.8. The average Bonchev–Trinajstić information content (AvgIpc) is 3.08. The molecular formula is C17H34N4O3. The molecule has 7 nitrogen and oxygen atoms in total. The molecule has 1 saturated heterocycles. The van der Waals surface area contributed by atoms with Gasteiger partial charge in [-0.1, -0.05) is 0 Å². The number of amides is 1. The van der Waals surface area contributed by atoms with Crippen LogP contribution in [0.4, 0.5) is 0 Å². The number of rotatable bonds is 10. The van der Waals surface area contributed by atoms with E-state index in [1.54, 1.807) is 7.05 Å². The maximum atomic E-state index is 11.8. The minimum atomic E-state index is -0.526. The normalized spacial score (nSPS) is 18.5. The van der Waals surface area contributed by atoms with Crippen molar-refractivity contribution in [3.8, 4) is 0 Å². The van der Waals surface area contributed by atoms with Crippen molar-refractivity contribution in [2.75, 3.05) is 46.5 Å². The Balaban J connectivity index is 2.24. The Morgan fingerprint density at radius 3 is 2.79 bits per heavy atom. The van der Waals surface area contributed by atoms with E-state index >= 15 is 0 Å². The number of ether oxygens (including phenoxy) is 2. The molecular weight excluding hydrogens is 308 g/mol. The van der Waals surface area contributed by atoms with E-state index in [1.807, 2.05) is 20.8 Å². The Morgan fingerprint density at radius 2 is 2.17 bits per heavy atom. The minimum absolute atomic E-state index is 0.00960. The second kappa shape index (κ2) is 11.3. The highest BCUT2D eigenvalue weighted by atomic mass is 16.5. The summed E-state index contributed by atoms with van der Waals surface area (Å²) in [6.07, 6.45) is 3.43. The number of nitrogens with zero attached hydrogens (tertiary/aromatic N) is 1. The molecule has 1 aliphatic rings. The molecule has 0 aromatic rings. The molecule has 1 unspecified atom stereocenters. The lowest BCUT2D eigenvalue weighted by Crippen LogP contribution is -2.41. The number of hydrogen-bond donors (Lipinski definition) is 3. The van der Waals surface area contributed by atoms with Gasteiger partial charge in [-0.05, 0) is 40.0 Å². The van der Waals surface area contributed by atoms with E-state index in [9.17, 15) is 4.79 Å². The van der Waals surface area contributed by atoms with E-state index in [0.717, 1.165) is 44.9 Å². The van der Waals surface area contributed by atoms with Crippen LogP contribution >= 0.6 is 0 Å². The topological polar surface area (TPSA) is 84.0 Å². The van der Waals surface area contributed by atoms with Gasteiger partial charge in [-0.3, -0.25) is 9.79 Å². The molecule has 1 amide bonds. The smallest absolute Gasteiger partial charge is 0.227 e. The third kappa shape index (κ3) is 7.97. The van der Waals surface area contributed by atoms with Gasteiger partial charge < -0.3 is 25.4 Å². The SMILES string of the molecule is CCNC(=NCC(C)(C)C(=O)NC)NCCCOCC1CCCO1. The summed E-state index contributed by atoms with van der Waals surface area (Å²) < 4.78 is 11.2. The van der Waals surface area contributed by atoms with Crippen LogP contribution in [0.2, 0.25) is 0 Å². The van der Waals surface area contributed by atoms with Crippen molar-refractivity contribution in [1.82, 2.24) is 16.0 Å². The van der Waals surface area contributed by atoms with E-state index in [-0.39, 0.29) is 12.0 Å². The van der Waals surface area contributed by atoms with Gasteiger partial charge in [0, 0.05) is 33.4 Å². The highest BCUT2D eigenvalue weighted by Crippen LogP contribution is 2.15. The Bertz CT molecular complexity index is 393. The van der Waals surface area contributed by atoms with Gasteiger partial charge in [0.25, 0.3) is 0 Å². The zero-order valence-electron chi connectivity index (χ0n) is 15.6. The van der Waals surface area contributed by atoms with Gasteiger partial charge in [0.05, 0.1) is 24.7 Å². The molecule has 0 saturated carbocycles. The first-order chi connectivity index (χ1) is 11.5. The average molecular weight is 342 g/mol.